The Balaban J connectivity index is 2.31. The van der Waals surface area contributed by atoms with E-state index in [0.717, 1.165) is 16.6 Å². The van der Waals surface area contributed by atoms with Crippen molar-refractivity contribution < 1.29 is 9.84 Å². The lowest BCUT2D eigenvalue weighted by Gasteiger charge is -2.22. The highest BCUT2D eigenvalue weighted by Gasteiger charge is 2.12. The summed E-state index contributed by atoms with van der Waals surface area (Å²) in [6.07, 6.45) is 1.75. The molecule has 0 saturated carbocycles. The number of rotatable bonds is 5. The number of aromatic hydroxyl groups is 1. The Morgan fingerprint density at radius 1 is 1.42 bits per heavy atom. The summed E-state index contributed by atoms with van der Waals surface area (Å²) < 4.78 is 5.03. The number of aromatic nitrogens is 1. The van der Waals surface area contributed by atoms with Crippen LogP contribution >= 0.6 is 11.6 Å². The Labute approximate surface area is 117 Å². The molecule has 0 saturated heterocycles. The summed E-state index contributed by atoms with van der Waals surface area (Å²) in [4.78, 5) is 6.35. The highest BCUT2D eigenvalue weighted by atomic mass is 35.5. The monoisotopic (exact) mass is 280 g/mol. The van der Waals surface area contributed by atoms with Crippen LogP contribution in [0, 0.1) is 0 Å². The summed E-state index contributed by atoms with van der Waals surface area (Å²) >= 11 is 6.16. The zero-order chi connectivity index (χ0) is 13.8. The van der Waals surface area contributed by atoms with E-state index >= 15 is 0 Å². The van der Waals surface area contributed by atoms with Crippen LogP contribution in [-0.4, -0.2) is 42.8 Å². The molecule has 102 valence electrons. The van der Waals surface area contributed by atoms with Crippen molar-refractivity contribution in [3.8, 4) is 5.75 Å². The summed E-state index contributed by atoms with van der Waals surface area (Å²) in [5.41, 5.74) is 0. The lowest BCUT2D eigenvalue weighted by atomic mass is 10.1. The molecule has 1 aromatic carbocycles. The van der Waals surface area contributed by atoms with Crippen molar-refractivity contribution in [1.29, 1.82) is 0 Å². The lowest BCUT2D eigenvalue weighted by molar-refractivity contribution is 0.199. The standard InChI is InChI=1S/C14H17ClN2O2/c1-17(8-11(15)9-19-2)14-13-7-12(18)4-3-10(13)5-6-16-14/h3-7,11,18H,8-9H2,1-2H3. The minimum Gasteiger partial charge on any atom is -0.508 e. The molecule has 1 N–H and O–H groups in total. The van der Waals surface area contributed by atoms with E-state index in [1.165, 1.54) is 0 Å². The highest BCUT2D eigenvalue weighted by Crippen LogP contribution is 2.27. The molecule has 0 amide bonds. The molecular formula is C14H17ClN2O2. The average molecular weight is 281 g/mol. The summed E-state index contributed by atoms with van der Waals surface area (Å²) in [5, 5.41) is 11.4. The molecule has 2 rings (SSSR count). The Morgan fingerprint density at radius 3 is 2.95 bits per heavy atom. The van der Waals surface area contributed by atoms with Crippen LogP contribution in [0.1, 0.15) is 0 Å². The first kappa shape index (κ1) is 13.9. The van der Waals surface area contributed by atoms with E-state index in [9.17, 15) is 5.11 Å². The van der Waals surface area contributed by atoms with Gasteiger partial charge in [0.25, 0.3) is 0 Å². The van der Waals surface area contributed by atoms with Gasteiger partial charge in [-0.3, -0.25) is 0 Å². The maximum absolute atomic E-state index is 9.61. The fraction of sp³-hybridized carbons (Fsp3) is 0.357. The number of hydrogen-bond acceptors (Lipinski definition) is 4. The molecule has 5 heteroatoms. The van der Waals surface area contributed by atoms with E-state index in [0.29, 0.717) is 13.2 Å². The van der Waals surface area contributed by atoms with Crippen molar-refractivity contribution in [3.05, 3.63) is 30.5 Å². The molecule has 0 aliphatic heterocycles. The Morgan fingerprint density at radius 2 is 2.21 bits per heavy atom. The number of fused-ring (bicyclic) bond motifs is 1. The zero-order valence-electron chi connectivity index (χ0n) is 11.0. The first-order chi connectivity index (χ1) is 9.11. The van der Waals surface area contributed by atoms with Crippen molar-refractivity contribution in [3.63, 3.8) is 0 Å². The summed E-state index contributed by atoms with van der Waals surface area (Å²) in [6.45, 7) is 1.11. The van der Waals surface area contributed by atoms with Crippen LogP contribution in [0.25, 0.3) is 10.8 Å². The van der Waals surface area contributed by atoms with Crippen LogP contribution < -0.4 is 4.90 Å². The zero-order valence-corrected chi connectivity index (χ0v) is 11.8. The van der Waals surface area contributed by atoms with Gasteiger partial charge in [-0.1, -0.05) is 6.07 Å². The molecule has 0 aliphatic carbocycles. The quantitative estimate of drug-likeness (QED) is 0.855. The fourth-order valence-electron chi connectivity index (χ4n) is 2.06. The summed E-state index contributed by atoms with van der Waals surface area (Å²) in [7, 11) is 3.56. The van der Waals surface area contributed by atoms with Crippen molar-refractivity contribution >= 4 is 28.2 Å². The third kappa shape index (κ3) is 3.28. The van der Waals surface area contributed by atoms with E-state index < -0.39 is 0 Å². The average Bonchev–Trinajstić information content (AvgIpc) is 2.38. The molecule has 1 unspecified atom stereocenters. The second-order valence-electron chi connectivity index (χ2n) is 4.47. The van der Waals surface area contributed by atoms with E-state index in [1.54, 1.807) is 25.4 Å². The SMILES string of the molecule is COCC(Cl)CN(C)c1nccc2ccc(O)cc12. The molecule has 0 aliphatic rings. The maximum atomic E-state index is 9.61. The van der Waals surface area contributed by atoms with Crippen molar-refractivity contribution in [2.45, 2.75) is 5.38 Å². The van der Waals surface area contributed by atoms with E-state index in [2.05, 4.69) is 4.98 Å². The predicted molar refractivity (Wildman–Crippen MR) is 78.2 cm³/mol. The Hall–Kier alpha value is -1.52. The van der Waals surface area contributed by atoms with Gasteiger partial charge in [0.1, 0.15) is 11.6 Å². The molecule has 0 bridgehead atoms. The number of phenols is 1. The number of phenolic OH excluding ortho intramolecular Hbond substituents is 1. The number of hydrogen-bond donors (Lipinski definition) is 1. The maximum Gasteiger partial charge on any atom is 0.136 e. The molecule has 0 fully saturated rings. The van der Waals surface area contributed by atoms with Gasteiger partial charge in [-0.15, -0.1) is 11.6 Å². The normalized spacial score (nSPS) is 12.6. The number of halogens is 1. The fourth-order valence-corrected chi connectivity index (χ4v) is 2.40. The first-order valence-corrected chi connectivity index (χ1v) is 6.47. The predicted octanol–water partition coefficient (Wildman–Crippen LogP) is 2.63. The molecule has 4 nitrogen and oxygen atoms in total. The minimum absolute atomic E-state index is 0.107. The van der Waals surface area contributed by atoms with E-state index in [-0.39, 0.29) is 11.1 Å². The molecule has 1 aromatic heterocycles. The van der Waals surface area contributed by atoms with Gasteiger partial charge in [0.15, 0.2) is 0 Å². The second kappa shape index (κ2) is 6.08. The number of benzene rings is 1. The van der Waals surface area contributed by atoms with Crippen molar-refractivity contribution in [1.82, 2.24) is 4.98 Å². The minimum atomic E-state index is -0.107. The second-order valence-corrected chi connectivity index (χ2v) is 5.09. The third-order valence-corrected chi connectivity index (χ3v) is 3.17. The largest absolute Gasteiger partial charge is 0.508 e. The Kier molecular flexibility index (Phi) is 4.45. The number of anilines is 1. The number of alkyl halides is 1. The number of nitrogens with zero attached hydrogens (tertiary/aromatic N) is 2. The van der Waals surface area contributed by atoms with Crippen molar-refractivity contribution in [2.24, 2.45) is 0 Å². The molecular weight excluding hydrogens is 264 g/mol. The van der Waals surface area contributed by atoms with Gasteiger partial charge < -0.3 is 14.7 Å². The molecule has 19 heavy (non-hydrogen) atoms. The van der Waals surface area contributed by atoms with Gasteiger partial charge in [-0.2, -0.15) is 0 Å². The van der Waals surface area contributed by atoms with Gasteiger partial charge in [0, 0.05) is 32.3 Å². The van der Waals surface area contributed by atoms with Crippen LogP contribution in [0.15, 0.2) is 30.5 Å². The van der Waals surface area contributed by atoms with Gasteiger partial charge >= 0.3 is 0 Å². The van der Waals surface area contributed by atoms with Gasteiger partial charge in [0.05, 0.1) is 12.0 Å². The van der Waals surface area contributed by atoms with E-state index in [4.69, 9.17) is 16.3 Å². The molecule has 0 spiro atoms. The van der Waals surface area contributed by atoms with Crippen LogP contribution in [0.3, 0.4) is 0 Å². The first-order valence-electron chi connectivity index (χ1n) is 6.03. The number of methoxy groups -OCH3 is 1. The van der Waals surface area contributed by atoms with Crippen molar-refractivity contribution in [2.75, 3.05) is 32.2 Å². The topological polar surface area (TPSA) is 45.6 Å². The van der Waals surface area contributed by atoms with Gasteiger partial charge in [-0.05, 0) is 23.6 Å². The summed E-state index contributed by atoms with van der Waals surface area (Å²) in [6, 6.07) is 7.17. The lowest BCUT2D eigenvalue weighted by Crippen LogP contribution is -2.29. The Bertz CT molecular complexity index is 562. The number of ether oxygens (including phenoxy) is 1. The van der Waals surface area contributed by atoms with E-state index in [1.807, 2.05) is 24.1 Å². The highest BCUT2D eigenvalue weighted by molar-refractivity contribution is 6.21. The molecule has 1 atom stereocenters. The van der Waals surface area contributed by atoms with Gasteiger partial charge in [0.2, 0.25) is 0 Å². The van der Waals surface area contributed by atoms with Crippen LogP contribution in [0.5, 0.6) is 5.75 Å². The number of pyridine rings is 1. The molecule has 1 heterocycles. The molecule has 2 aromatic rings. The summed E-state index contributed by atoms with van der Waals surface area (Å²) in [5.74, 6) is 1.03. The third-order valence-electron chi connectivity index (χ3n) is 2.91. The molecule has 0 radical (unpaired) electrons. The van der Waals surface area contributed by atoms with Crippen LogP contribution in [0.4, 0.5) is 5.82 Å². The van der Waals surface area contributed by atoms with Crippen LogP contribution in [-0.2, 0) is 4.74 Å². The van der Waals surface area contributed by atoms with Crippen LogP contribution in [0.2, 0.25) is 0 Å². The van der Waals surface area contributed by atoms with Gasteiger partial charge in [-0.25, -0.2) is 4.98 Å². The smallest absolute Gasteiger partial charge is 0.136 e.